The van der Waals surface area contributed by atoms with Crippen LogP contribution in [0.5, 0.6) is 0 Å². The normalized spacial score (nSPS) is 22.9. The molecule has 6 heteroatoms. The van der Waals surface area contributed by atoms with Crippen molar-refractivity contribution in [2.24, 2.45) is 11.8 Å². The number of nitrogens with one attached hydrogen (secondary N) is 1. The molecule has 1 aliphatic carbocycles. The number of carbonyl (C=O) groups is 2. The Morgan fingerprint density at radius 3 is 2.82 bits per heavy atom. The molecule has 0 bridgehead atoms. The molecular formula is C16H21N3O3. The molecule has 2 N–H and O–H groups in total. The molecule has 1 aromatic heterocycles. The van der Waals surface area contributed by atoms with E-state index in [2.05, 4.69) is 10.3 Å². The van der Waals surface area contributed by atoms with Crippen molar-refractivity contribution in [3.05, 3.63) is 30.1 Å². The molecule has 2 unspecified atom stereocenters. The summed E-state index contributed by atoms with van der Waals surface area (Å²) < 4.78 is 0. The van der Waals surface area contributed by atoms with E-state index in [0.29, 0.717) is 25.4 Å². The lowest BCUT2D eigenvalue weighted by molar-refractivity contribution is -0.143. The highest BCUT2D eigenvalue weighted by Gasteiger charge is 2.35. The third-order valence-corrected chi connectivity index (χ3v) is 4.47. The lowest BCUT2D eigenvalue weighted by Gasteiger charge is -2.32. The fourth-order valence-corrected chi connectivity index (χ4v) is 3.05. The first-order valence-electron chi connectivity index (χ1n) is 7.83. The van der Waals surface area contributed by atoms with Gasteiger partial charge in [0.05, 0.1) is 12.0 Å². The first-order chi connectivity index (χ1) is 10.6. The van der Waals surface area contributed by atoms with Crippen molar-refractivity contribution < 1.29 is 14.7 Å². The average molecular weight is 303 g/mol. The molecule has 2 amide bonds. The second-order valence-corrected chi connectivity index (χ2v) is 6.17. The number of piperidine rings is 1. The largest absolute Gasteiger partial charge is 0.481 e. The maximum atomic E-state index is 12.5. The van der Waals surface area contributed by atoms with E-state index < -0.39 is 11.9 Å². The Labute approximate surface area is 129 Å². The lowest BCUT2D eigenvalue weighted by Crippen LogP contribution is -2.48. The average Bonchev–Trinajstić information content (AvgIpc) is 3.38. The SMILES string of the molecule is O=C(O)C1CCCN(C(=O)NC(c2cccnc2)C2CC2)C1. The number of likely N-dealkylation sites (tertiary alicyclic amines) is 1. The van der Waals surface area contributed by atoms with E-state index in [0.717, 1.165) is 24.8 Å². The van der Waals surface area contributed by atoms with Gasteiger partial charge in [-0.2, -0.15) is 0 Å². The van der Waals surface area contributed by atoms with Gasteiger partial charge in [0.1, 0.15) is 0 Å². The quantitative estimate of drug-likeness (QED) is 0.891. The van der Waals surface area contributed by atoms with Gasteiger partial charge in [-0.3, -0.25) is 9.78 Å². The van der Waals surface area contributed by atoms with Gasteiger partial charge in [-0.1, -0.05) is 6.07 Å². The van der Waals surface area contributed by atoms with Crippen LogP contribution in [0.3, 0.4) is 0 Å². The number of amides is 2. The molecule has 2 heterocycles. The Bertz CT molecular complexity index is 545. The molecule has 2 fully saturated rings. The molecule has 1 aromatic rings. The number of hydrogen-bond donors (Lipinski definition) is 2. The number of pyridine rings is 1. The van der Waals surface area contributed by atoms with Crippen LogP contribution >= 0.6 is 0 Å². The van der Waals surface area contributed by atoms with E-state index in [1.807, 2.05) is 12.1 Å². The molecule has 118 valence electrons. The summed E-state index contributed by atoms with van der Waals surface area (Å²) in [5.41, 5.74) is 1.02. The van der Waals surface area contributed by atoms with Crippen molar-refractivity contribution in [2.75, 3.05) is 13.1 Å². The molecule has 1 saturated carbocycles. The summed E-state index contributed by atoms with van der Waals surface area (Å²) in [7, 11) is 0. The molecule has 2 aliphatic rings. The van der Waals surface area contributed by atoms with Crippen LogP contribution < -0.4 is 5.32 Å². The standard InChI is InChI=1S/C16H21N3O3/c20-15(21)13-4-2-8-19(10-13)16(22)18-14(11-5-6-11)12-3-1-7-17-9-12/h1,3,7,9,11,13-14H,2,4-6,8,10H2,(H,18,22)(H,20,21). The molecule has 2 atom stereocenters. The van der Waals surface area contributed by atoms with Crippen molar-refractivity contribution in [2.45, 2.75) is 31.7 Å². The van der Waals surface area contributed by atoms with Crippen molar-refractivity contribution in [3.8, 4) is 0 Å². The minimum Gasteiger partial charge on any atom is -0.481 e. The first kappa shape index (κ1) is 14.8. The van der Waals surface area contributed by atoms with Crippen LogP contribution in [0.15, 0.2) is 24.5 Å². The number of carboxylic acid groups (broad SMARTS) is 1. The number of carboxylic acids is 1. The highest BCUT2D eigenvalue weighted by atomic mass is 16.4. The molecule has 6 nitrogen and oxygen atoms in total. The van der Waals surface area contributed by atoms with Gasteiger partial charge in [0.25, 0.3) is 0 Å². The fraction of sp³-hybridized carbons (Fsp3) is 0.562. The summed E-state index contributed by atoms with van der Waals surface area (Å²) in [6.45, 7) is 0.922. The van der Waals surface area contributed by atoms with Crippen molar-refractivity contribution >= 4 is 12.0 Å². The highest BCUT2D eigenvalue weighted by Crippen LogP contribution is 2.40. The van der Waals surface area contributed by atoms with E-state index in [-0.39, 0.29) is 12.1 Å². The van der Waals surface area contributed by atoms with E-state index in [1.165, 1.54) is 0 Å². The van der Waals surface area contributed by atoms with E-state index in [4.69, 9.17) is 5.11 Å². The minimum absolute atomic E-state index is 0.0218. The van der Waals surface area contributed by atoms with Crippen molar-refractivity contribution in [1.82, 2.24) is 15.2 Å². The monoisotopic (exact) mass is 303 g/mol. The summed E-state index contributed by atoms with van der Waals surface area (Å²) >= 11 is 0. The number of nitrogens with zero attached hydrogens (tertiary/aromatic N) is 2. The molecule has 3 rings (SSSR count). The Morgan fingerprint density at radius 1 is 1.36 bits per heavy atom. The smallest absolute Gasteiger partial charge is 0.317 e. The van der Waals surface area contributed by atoms with Gasteiger partial charge in [0.2, 0.25) is 0 Å². The number of aromatic nitrogens is 1. The summed E-state index contributed by atoms with van der Waals surface area (Å²) in [5, 5.41) is 12.2. The zero-order chi connectivity index (χ0) is 15.5. The van der Waals surface area contributed by atoms with Crippen LogP contribution in [0.4, 0.5) is 4.79 Å². The summed E-state index contributed by atoms with van der Waals surface area (Å²) in [5.74, 6) is -0.797. The third-order valence-electron chi connectivity index (χ3n) is 4.47. The van der Waals surface area contributed by atoms with Crippen LogP contribution in [-0.4, -0.2) is 40.1 Å². The summed E-state index contributed by atoms with van der Waals surface area (Å²) in [4.78, 5) is 29.4. The summed E-state index contributed by atoms with van der Waals surface area (Å²) in [6, 6.07) is 3.67. The second kappa shape index (κ2) is 6.34. The maximum Gasteiger partial charge on any atom is 0.317 e. The van der Waals surface area contributed by atoms with E-state index in [9.17, 15) is 9.59 Å². The Kier molecular flexibility index (Phi) is 4.27. The van der Waals surface area contributed by atoms with Gasteiger partial charge in [0.15, 0.2) is 0 Å². The third kappa shape index (κ3) is 3.37. The zero-order valence-electron chi connectivity index (χ0n) is 12.4. The molecule has 0 aromatic carbocycles. The molecule has 1 saturated heterocycles. The number of urea groups is 1. The zero-order valence-corrected chi connectivity index (χ0v) is 12.4. The van der Waals surface area contributed by atoms with Crippen molar-refractivity contribution in [1.29, 1.82) is 0 Å². The first-order valence-corrected chi connectivity index (χ1v) is 7.83. The number of carbonyl (C=O) groups excluding carboxylic acids is 1. The molecule has 0 spiro atoms. The van der Waals surface area contributed by atoms with Crippen LogP contribution in [0, 0.1) is 11.8 Å². The maximum absolute atomic E-state index is 12.5. The van der Waals surface area contributed by atoms with Gasteiger partial charge in [-0.05, 0) is 43.2 Å². The van der Waals surface area contributed by atoms with Gasteiger partial charge in [-0.25, -0.2) is 4.79 Å². The predicted octanol–water partition coefficient (Wildman–Crippen LogP) is 2.04. The predicted molar refractivity (Wildman–Crippen MR) is 80.2 cm³/mol. The number of hydrogen-bond acceptors (Lipinski definition) is 3. The fourth-order valence-electron chi connectivity index (χ4n) is 3.05. The Balaban J connectivity index is 1.65. The van der Waals surface area contributed by atoms with Gasteiger partial charge < -0.3 is 15.3 Å². The Hall–Kier alpha value is -2.11. The Morgan fingerprint density at radius 2 is 2.18 bits per heavy atom. The van der Waals surface area contributed by atoms with E-state index >= 15 is 0 Å². The second-order valence-electron chi connectivity index (χ2n) is 6.17. The van der Waals surface area contributed by atoms with Gasteiger partial charge >= 0.3 is 12.0 Å². The molecule has 1 aliphatic heterocycles. The van der Waals surface area contributed by atoms with Crippen LogP contribution in [-0.2, 0) is 4.79 Å². The van der Waals surface area contributed by atoms with Crippen LogP contribution in [0.1, 0.15) is 37.3 Å². The van der Waals surface area contributed by atoms with Gasteiger partial charge in [-0.15, -0.1) is 0 Å². The highest BCUT2D eigenvalue weighted by molar-refractivity contribution is 5.77. The molecule has 22 heavy (non-hydrogen) atoms. The van der Waals surface area contributed by atoms with Crippen LogP contribution in [0.25, 0.3) is 0 Å². The number of rotatable bonds is 4. The van der Waals surface area contributed by atoms with Gasteiger partial charge in [0, 0.05) is 25.5 Å². The lowest BCUT2D eigenvalue weighted by atomic mass is 9.98. The topological polar surface area (TPSA) is 82.5 Å². The number of aliphatic carboxylic acids is 1. The van der Waals surface area contributed by atoms with E-state index in [1.54, 1.807) is 17.3 Å². The minimum atomic E-state index is -0.816. The summed E-state index contributed by atoms with van der Waals surface area (Å²) in [6.07, 6.45) is 7.12. The molecular weight excluding hydrogens is 282 g/mol. The molecule has 0 radical (unpaired) electrons. The van der Waals surface area contributed by atoms with Crippen molar-refractivity contribution in [3.63, 3.8) is 0 Å². The van der Waals surface area contributed by atoms with Crippen LogP contribution in [0.2, 0.25) is 0 Å².